The van der Waals surface area contributed by atoms with Gasteiger partial charge in [-0.25, -0.2) is 0 Å². The molecule has 0 aliphatic rings. The van der Waals surface area contributed by atoms with Gasteiger partial charge in [0.2, 0.25) is 11.8 Å². The van der Waals surface area contributed by atoms with E-state index in [0.717, 1.165) is 11.1 Å². The summed E-state index contributed by atoms with van der Waals surface area (Å²) in [6.45, 7) is 6.05. The van der Waals surface area contributed by atoms with Crippen LogP contribution in [0.15, 0.2) is 42.5 Å². The fourth-order valence-corrected chi connectivity index (χ4v) is 4.71. The molecule has 0 saturated heterocycles. The van der Waals surface area contributed by atoms with Crippen LogP contribution in [0.25, 0.3) is 0 Å². The van der Waals surface area contributed by atoms with Crippen molar-refractivity contribution >= 4 is 46.8 Å². The van der Waals surface area contributed by atoms with E-state index in [1.807, 2.05) is 51.1 Å². The van der Waals surface area contributed by atoms with E-state index in [1.54, 1.807) is 24.1 Å². The van der Waals surface area contributed by atoms with Crippen LogP contribution in [0.5, 0.6) is 5.75 Å². The topological polar surface area (TPSA) is 58.6 Å². The van der Waals surface area contributed by atoms with Crippen molar-refractivity contribution in [2.75, 3.05) is 12.9 Å². The molecule has 0 spiro atoms. The van der Waals surface area contributed by atoms with Crippen LogP contribution in [0.1, 0.15) is 38.3 Å². The minimum absolute atomic E-state index is 0.00765. The monoisotopic (exact) mass is 496 g/mol. The number of thioether (sulfide) groups is 1. The Labute approximate surface area is 204 Å². The molecule has 2 aromatic rings. The minimum atomic E-state index is -0.559. The summed E-state index contributed by atoms with van der Waals surface area (Å²) in [7, 11) is 1.60. The zero-order valence-electron chi connectivity index (χ0n) is 18.9. The van der Waals surface area contributed by atoms with Gasteiger partial charge in [0, 0.05) is 28.4 Å². The number of hydrogen-bond acceptors (Lipinski definition) is 4. The SMILES string of the molecule is CC[C@H](C(=O)NC(C)C)N(Cc1cccc(OC)c1)C(=O)CSCc1ccc(Cl)cc1Cl. The van der Waals surface area contributed by atoms with Crippen molar-refractivity contribution in [1.29, 1.82) is 0 Å². The highest BCUT2D eigenvalue weighted by molar-refractivity contribution is 7.99. The van der Waals surface area contributed by atoms with Crippen molar-refractivity contribution < 1.29 is 14.3 Å². The molecule has 2 rings (SSSR count). The number of amides is 2. The van der Waals surface area contributed by atoms with Crippen molar-refractivity contribution in [2.45, 2.75) is 51.6 Å². The van der Waals surface area contributed by atoms with Crippen LogP contribution in [0.4, 0.5) is 0 Å². The highest BCUT2D eigenvalue weighted by Gasteiger charge is 2.29. The zero-order chi connectivity index (χ0) is 23.7. The first-order valence-corrected chi connectivity index (χ1v) is 12.4. The maximum atomic E-state index is 13.3. The van der Waals surface area contributed by atoms with Crippen molar-refractivity contribution in [2.24, 2.45) is 0 Å². The first-order valence-electron chi connectivity index (χ1n) is 10.5. The summed E-state index contributed by atoms with van der Waals surface area (Å²) < 4.78 is 5.31. The summed E-state index contributed by atoms with van der Waals surface area (Å²) in [6.07, 6.45) is 0.516. The Morgan fingerprint density at radius 3 is 2.53 bits per heavy atom. The van der Waals surface area contributed by atoms with Gasteiger partial charge in [-0.2, -0.15) is 0 Å². The van der Waals surface area contributed by atoms with E-state index in [1.165, 1.54) is 11.8 Å². The number of ether oxygens (including phenoxy) is 1. The highest BCUT2D eigenvalue weighted by Crippen LogP contribution is 2.25. The van der Waals surface area contributed by atoms with Gasteiger partial charge in [0.1, 0.15) is 11.8 Å². The molecular weight excluding hydrogens is 467 g/mol. The molecule has 0 fully saturated rings. The minimum Gasteiger partial charge on any atom is -0.497 e. The van der Waals surface area contributed by atoms with Gasteiger partial charge >= 0.3 is 0 Å². The lowest BCUT2D eigenvalue weighted by molar-refractivity contribution is -0.139. The quantitative estimate of drug-likeness (QED) is 0.441. The largest absolute Gasteiger partial charge is 0.497 e. The molecule has 1 atom stereocenters. The smallest absolute Gasteiger partial charge is 0.243 e. The highest BCUT2D eigenvalue weighted by atomic mass is 35.5. The first kappa shape index (κ1) is 26.4. The van der Waals surface area contributed by atoms with Crippen LogP contribution in [0.2, 0.25) is 10.0 Å². The maximum Gasteiger partial charge on any atom is 0.243 e. The molecule has 0 bridgehead atoms. The fourth-order valence-electron chi connectivity index (χ4n) is 3.24. The van der Waals surface area contributed by atoms with Crippen molar-refractivity contribution in [3.63, 3.8) is 0 Å². The molecule has 32 heavy (non-hydrogen) atoms. The Morgan fingerprint density at radius 2 is 1.91 bits per heavy atom. The molecule has 1 N–H and O–H groups in total. The van der Waals surface area contributed by atoms with E-state index in [-0.39, 0.29) is 23.6 Å². The maximum absolute atomic E-state index is 13.3. The lowest BCUT2D eigenvalue weighted by Crippen LogP contribution is -2.50. The van der Waals surface area contributed by atoms with Crippen molar-refractivity contribution in [3.05, 3.63) is 63.6 Å². The first-order chi connectivity index (χ1) is 15.2. The lowest BCUT2D eigenvalue weighted by atomic mass is 10.1. The molecule has 0 aromatic heterocycles. The molecule has 0 aliphatic heterocycles. The van der Waals surface area contributed by atoms with E-state index in [2.05, 4.69) is 5.32 Å². The Balaban J connectivity index is 2.17. The van der Waals surface area contributed by atoms with E-state index >= 15 is 0 Å². The van der Waals surface area contributed by atoms with Crippen LogP contribution >= 0.6 is 35.0 Å². The standard InChI is InChI=1S/C24H30Cl2N2O3S/c1-5-22(24(30)27-16(2)3)28(13-17-7-6-8-20(11-17)31-4)23(29)15-32-14-18-9-10-19(25)12-21(18)26/h6-12,16,22H,5,13-15H2,1-4H3,(H,27,30)/t22-/m1/s1. The summed E-state index contributed by atoms with van der Waals surface area (Å²) in [6, 6.07) is 12.3. The molecular formula is C24H30Cl2N2O3S. The molecule has 174 valence electrons. The number of rotatable bonds is 11. The van der Waals surface area contributed by atoms with Gasteiger partial charge in [-0.3, -0.25) is 9.59 Å². The summed E-state index contributed by atoms with van der Waals surface area (Å²) in [5, 5.41) is 4.09. The summed E-state index contributed by atoms with van der Waals surface area (Å²) in [4.78, 5) is 27.8. The number of nitrogens with zero attached hydrogens (tertiary/aromatic N) is 1. The average molecular weight is 497 g/mol. The normalized spacial score (nSPS) is 11.8. The number of halogens is 2. The Morgan fingerprint density at radius 1 is 1.16 bits per heavy atom. The van der Waals surface area contributed by atoms with Gasteiger partial charge in [0.15, 0.2) is 0 Å². The van der Waals surface area contributed by atoms with Gasteiger partial charge in [-0.05, 0) is 55.7 Å². The molecule has 2 amide bonds. The van der Waals surface area contributed by atoms with E-state index in [9.17, 15) is 9.59 Å². The number of benzene rings is 2. The number of hydrogen-bond donors (Lipinski definition) is 1. The van der Waals surface area contributed by atoms with Crippen LogP contribution in [0.3, 0.4) is 0 Å². The second-order valence-corrected chi connectivity index (χ2v) is 9.52. The molecule has 0 saturated carbocycles. The van der Waals surface area contributed by atoms with Gasteiger partial charge in [-0.1, -0.05) is 48.3 Å². The van der Waals surface area contributed by atoms with Gasteiger partial charge < -0.3 is 15.0 Å². The third-order valence-electron chi connectivity index (χ3n) is 4.80. The van der Waals surface area contributed by atoms with Gasteiger partial charge in [0.05, 0.1) is 12.9 Å². The third-order valence-corrected chi connectivity index (χ3v) is 6.36. The van der Waals surface area contributed by atoms with Crippen LogP contribution in [-0.2, 0) is 21.9 Å². The molecule has 0 heterocycles. The number of carbonyl (C=O) groups is 2. The van der Waals surface area contributed by atoms with E-state index < -0.39 is 6.04 Å². The summed E-state index contributed by atoms with van der Waals surface area (Å²) >= 11 is 13.7. The Kier molecular flexibility index (Phi) is 10.7. The third kappa shape index (κ3) is 7.91. The fraction of sp³-hybridized carbons (Fsp3) is 0.417. The molecule has 0 aliphatic carbocycles. The van der Waals surface area contributed by atoms with Crippen LogP contribution in [0, 0.1) is 0 Å². The average Bonchev–Trinajstić information content (AvgIpc) is 2.74. The predicted molar refractivity (Wildman–Crippen MR) is 134 cm³/mol. The molecule has 8 heteroatoms. The number of nitrogens with one attached hydrogen (secondary N) is 1. The summed E-state index contributed by atoms with van der Waals surface area (Å²) in [5.74, 6) is 1.26. The molecule has 5 nitrogen and oxygen atoms in total. The van der Waals surface area contributed by atoms with Crippen molar-refractivity contribution in [3.8, 4) is 5.75 Å². The van der Waals surface area contributed by atoms with Gasteiger partial charge in [0.25, 0.3) is 0 Å². The lowest BCUT2D eigenvalue weighted by Gasteiger charge is -2.31. The zero-order valence-corrected chi connectivity index (χ0v) is 21.2. The van der Waals surface area contributed by atoms with Gasteiger partial charge in [-0.15, -0.1) is 11.8 Å². The Bertz CT molecular complexity index is 924. The predicted octanol–water partition coefficient (Wildman–Crippen LogP) is 5.57. The van der Waals surface area contributed by atoms with Crippen molar-refractivity contribution in [1.82, 2.24) is 10.2 Å². The van der Waals surface area contributed by atoms with Crippen LogP contribution < -0.4 is 10.1 Å². The number of methoxy groups -OCH3 is 1. The second-order valence-electron chi connectivity index (χ2n) is 7.69. The van der Waals surface area contributed by atoms with Crippen LogP contribution in [-0.4, -0.2) is 41.7 Å². The molecule has 2 aromatic carbocycles. The molecule has 0 radical (unpaired) electrons. The summed E-state index contributed by atoms with van der Waals surface area (Å²) in [5.41, 5.74) is 1.82. The second kappa shape index (κ2) is 13.0. The number of carbonyl (C=O) groups excluding carboxylic acids is 2. The molecule has 0 unspecified atom stereocenters. The Hall–Kier alpha value is -1.89. The van der Waals surface area contributed by atoms with E-state index in [0.29, 0.717) is 34.5 Å². The van der Waals surface area contributed by atoms with E-state index in [4.69, 9.17) is 27.9 Å².